The molecule has 30 heavy (non-hydrogen) atoms. The molecule has 0 saturated carbocycles. The van der Waals surface area contributed by atoms with E-state index < -0.39 is 0 Å². The van der Waals surface area contributed by atoms with Gasteiger partial charge in [-0.25, -0.2) is 12.1 Å². The number of aryl methyl sites for hydroxylation is 1. The number of rotatable bonds is 4. The summed E-state index contributed by atoms with van der Waals surface area (Å²) in [5, 5.41) is 2.98. The van der Waals surface area contributed by atoms with Gasteiger partial charge < -0.3 is 37.1 Å². The molecular formula is C29H45Hf-7. The Labute approximate surface area is 209 Å². The molecule has 0 aliphatic heterocycles. The second kappa shape index (κ2) is 16.7. The fourth-order valence-electron chi connectivity index (χ4n) is 4.16. The van der Waals surface area contributed by atoms with E-state index >= 15 is 0 Å². The Balaban J connectivity index is -0.000000274. The quantitative estimate of drug-likeness (QED) is 0.216. The second-order valence-corrected chi connectivity index (χ2v) is 7.34. The van der Waals surface area contributed by atoms with Gasteiger partial charge in [0.2, 0.25) is 0 Å². The van der Waals surface area contributed by atoms with Crippen LogP contribution >= 0.6 is 0 Å². The number of hydrogen-bond donors (Lipinski definition) is 0. The van der Waals surface area contributed by atoms with Crippen molar-refractivity contribution in [1.29, 1.82) is 0 Å². The average Bonchev–Trinajstić information content (AvgIpc) is 3.34. The molecule has 172 valence electrons. The van der Waals surface area contributed by atoms with Crippen LogP contribution in [0.25, 0.3) is 10.8 Å². The Hall–Kier alpha value is -0.950. The van der Waals surface area contributed by atoms with E-state index in [9.17, 15) is 0 Å². The molecule has 0 aromatic heterocycles. The van der Waals surface area contributed by atoms with Gasteiger partial charge in [0.1, 0.15) is 0 Å². The maximum Gasteiger partial charge on any atom is 0 e. The van der Waals surface area contributed by atoms with Gasteiger partial charge in [0, 0.05) is 25.8 Å². The van der Waals surface area contributed by atoms with Crippen LogP contribution in [0.3, 0.4) is 0 Å². The minimum atomic E-state index is 0. The third kappa shape index (κ3) is 7.95. The fraction of sp³-hybridized carbons (Fsp3) is 0.345. The molecule has 4 rings (SSSR count). The summed E-state index contributed by atoms with van der Waals surface area (Å²) in [6.07, 6.45) is 7.66. The molecule has 0 atom stereocenters. The summed E-state index contributed by atoms with van der Waals surface area (Å²) in [6.45, 7) is 6.99. The maximum atomic E-state index is 2.50. The van der Waals surface area contributed by atoms with Crippen molar-refractivity contribution in [1.82, 2.24) is 0 Å². The summed E-state index contributed by atoms with van der Waals surface area (Å²) in [7, 11) is 0. The Bertz CT molecular complexity index is 740. The maximum absolute atomic E-state index is 2.50. The van der Waals surface area contributed by atoms with E-state index in [0.717, 1.165) is 0 Å². The third-order valence-electron chi connectivity index (χ3n) is 5.89. The van der Waals surface area contributed by atoms with Gasteiger partial charge in [0.15, 0.2) is 0 Å². The smallest absolute Gasteiger partial charge is 0 e. The molecule has 1 aliphatic rings. The van der Waals surface area contributed by atoms with Crippen molar-refractivity contribution in [3.8, 4) is 0 Å². The van der Waals surface area contributed by atoms with Crippen molar-refractivity contribution in [3.05, 3.63) is 108 Å². The zero-order valence-electron chi connectivity index (χ0n) is 20.9. The fourth-order valence-corrected chi connectivity index (χ4v) is 4.16. The normalized spacial score (nSPS) is 12.1. The van der Waals surface area contributed by atoms with Crippen molar-refractivity contribution in [2.24, 2.45) is 5.41 Å². The predicted molar refractivity (Wildman–Crippen MR) is 138 cm³/mol. The standard InChI is InChI=1S/C19H25.C5H5.5CH3.Hf/c1-4-7-14-8-9-15-10-16-12-19(5-2,6-3)13-17(16)11-18(14)15;1-2-4-5-3-1;;;;;;/h8-11H,4-7,12-13H2,1-3H3;1-5H;5*1H3;/q7*-1;. The van der Waals surface area contributed by atoms with E-state index in [-0.39, 0.29) is 63.0 Å². The molecule has 0 unspecified atom stereocenters. The summed E-state index contributed by atoms with van der Waals surface area (Å²) in [5.74, 6) is 0. The van der Waals surface area contributed by atoms with Gasteiger partial charge in [0.25, 0.3) is 0 Å². The Morgan fingerprint density at radius 3 is 1.83 bits per heavy atom. The molecule has 3 aromatic rings. The van der Waals surface area contributed by atoms with Crippen LogP contribution in [0.4, 0.5) is 0 Å². The Morgan fingerprint density at radius 1 is 0.867 bits per heavy atom. The molecule has 0 saturated heterocycles. The van der Waals surface area contributed by atoms with Crippen LogP contribution < -0.4 is 0 Å². The van der Waals surface area contributed by atoms with Gasteiger partial charge in [-0.1, -0.05) is 44.7 Å². The Morgan fingerprint density at radius 2 is 1.40 bits per heavy atom. The number of benzene rings is 1. The topological polar surface area (TPSA) is 0 Å². The van der Waals surface area contributed by atoms with Crippen LogP contribution in [-0.2, 0) is 45.1 Å². The molecule has 0 heterocycles. The molecular weight excluding hydrogens is 527 g/mol. The molecule has 0 fully saturated rings. The van der Waals surface area contributed by atoms with E-state index in [1.54, 1.807) is 16.7 Å². The average molecular weight is 572 g/mol. The molecule has 0 nitrogen and oxygen atoms in total. The van der Waals surface area contributed by atoms with Gasteiger partial charge in [-0.15, -0.1) is 34.5 Å². The minimum Gasteiger partial charge on any atom is -0.358 e. The van der Waals surface area contributed by atoms with Gasteiger partial charge in [0.05, 0.1) is 0 Å². The zero-order chi connectivity index (χ0) is 17.0. The van der Waals surface area contributed by atoms with Crippen LogP contribution in [-0.4, -0.2) is 0 Å². The second-order valence-electron chi connectivity index (χ2n) is 7.34. The van der Waals surface area contributed by atoms with Gasteiger partial charge in [-0.05, 0) is 31.1 Å². The molecule has 0 N–H and O–H groups in total. The van der Waals surface area contributed by atoms with Gasteiger partial charge in [-0.3, -0.25) is 0 Å². The SMILES string of the molecule is CCC[c-]1ccc2cc3c(cc21)CC(CC)(CC)C3.[CH3-].[CH3-].[CH3-].[CH3-].[CH3-].[Hf].c1cc[cH-]c1. The number of fused-ring (bicyclic) bond motifs is 2. The summed E-state index contributed by atoms with van der Waals surface area (Å²) < 4.78 is 0. The van der Waals surface area contributed by atoms with Crippen LogP contribution in [0.1, 0.15) is 56.7 Å². The van der Waals surface area contributed by atoms with Crippen molar-refractivity contribution >= 4 is 10.8 Å². The first-order valence-electron chi connectivity index (χ1n) is 9.58. The number of hydrogen-bond acceptors (Lipinski definition) is 0. The molecule has 3 aromatic carbocycles. The van der Waals surface area contributed by atoms with Crippen molar-refractivity contribution in [2.45, 2.75) is 59.3 Å². The third-order valence-corrected chi connectivity index (χ3v) is 5.89. The van der Waals surface area contributed by atoms with Crippen molar-refractivity contribution < 1.29 is 25.8 Å². The van der Waals surface area contributed by atoms with E-state index in [1.807, 2.05) is 30.3 Å². The van der Waals surface area contributed by atoms with Crippen LogP contribution in [0.15, 0.2) is 54.6 Å². The van der Waals surface area contributed by atoms with Gasteiger partial charge in [-0.2, -0.15) is 24.3 Å². The zero-order valence-corrected chi connectivity index (χ0v) is 24.5. The summed E-state index contributed by atoms with van der Waals surface area (Å²) in [5.41, 5.74) is 5.34. The molecule has 0 spiro atoms. The monoisotopic (exact) mass is 573 g/mol. The van der Waals surface area contributed by atoms with E-state index in [1.165, 1.54) is 49.3 Å². The van der Waals surface area contributed by atoms with Crippen molar-refractivity contribution in [3.63, 3.8) is 0 Å². The van der Waals surface area contributed by atoms with Crippen LogP contribution in [0.2, 0.25) is 0 Å². The summed E-state index contributed by atoms with van der Waals surface area (Å²) >= 11 is 0. The van der Waals surface area contributed by atoms with Crippen molar-refractivity contribution in [2.75, 3.05) is 0 Å². The van der Waals surface area contributed by atoms with Crippen LogP contribution in [0.5, 0.6) is 0 Å². The largest absolute Gasteiger partial charge is 0.358 e. The molecule has 0 amide bonds. The summed E-state index contributed by atoms with van der Waals surface area (Å²) in [4.78, 5) is 0. The molecule has 1 heteroatoms. The van der Waals surface area contributed by atoms with E-state index in [0.29, 0.717) is 5.41 Å². The minimum absolute atomic E-state index is 0. The first-order valence-corrected chi connectivity index (χ1v) is 9.58. The first-order chi connectivity index (χ1) is 11.7. The van der Waals surface area contributed by atoms with E-state index in [4.69, 9.17) is 0 Å². The molecule has 0 bridgehead atoms. The first kappa shape index (κ1) is 36.4. The molecule has 0 radical (unpaired) electrons. The molecule has 1 aliphatic carbocycles. The predicted octanol–water partition coefficient (Wildman–Crippen LogP) is 9.07. The van der Waals surface area contributed by atoms with Gasteiger partial charge >= 0.3 is 0 Å². The van der Waals surface area contributed by atoms with Crippen LogP contribution in [0, 0.1) is 42.5 Å². The van der Waals surface area contributed by atoms with E-state index in [2.05, 4.69) is 45.0 Å². The Kier molecular flexibility index (Phi) is 20.3. The summed E-state index contributed by atoms with van der Waals surface area (Å²) in [6, 6.07) is 19.6.